The van der Waals surface area contributed by atoms with Crippen LogP contribution in [0.15, 0.2) is 78.0 Å². The molecule has 2 aromatic carbocycles. The maximum absolute atomic E-state index is 13.1. The summed E-state index contributed by atoms with van der Waals surface area (Å²) in [4.78, 5) is 42.6. The van der Waals surface area contributed by atoms with E-state index in [4.69, 9.17) is 0 Å². The van der Waals surface area contributed by atoms with Crippen LogP contribution < -0.4 is 16.2 Å². The Morgan fingerprint density at radius 1 is 1.18 bits per heavy atom. The van der Waals surface area contributed by atoms with Gasteiger partial charge in [-0.3, -0.25) is 19.1 Å². The molecule has 0 saturated carbocycles. The first kappa shape index (κ1) is 23.4. The third kappa shape index (κ3) is 4.90. The van der Waals surface area contributed by atoms with Gasteiger partial charge in [0.25, 0.3) is 11.5 Å². The van der Waals surface area contributed by atoms with E-state index in [1.54, 1.807) is 30.6 Å². The van der Waals surface area contributed by atoms with E-state index in [0.717, 1.165) is 16.7 Å². The highest BCUT2D eigenvalue weighted by Gasteiger charge is 2.23. The summed E-state index contributed by atoms with van der Waals surface area (Å²) in [7, 11) is -3.45. The number of benzene rings is 2. The van der Waals surface area contributed by atoms with Gasteiger partial charge in [-0.2, -0.15) is 5.10 Å². The molecule has 0 aliphatic carbocycles. The Labute approximate surface area is 196 Å². The summed E-state index contributed by atoms with van der Waals surface area (Å²) < 4.78 is 13.7. The number of nitrogens with zero attached hydrogens (tertiary/aromatic N) is 3. The lowest BCUT2D eigenvalue weighted by molar-refractivity contribution is 0.0941. The lowest BCUT2D eigenvalue weighted by Crippen LogP contribution is -2.34. The average molecular weight is 477 g/mol. The van der Waals surface area contributed by atoms with Gasteiger partial charge in [0.05, 0.1) is 6.04 Å². The van der Waals surface area contributed by atoms with Crippen LogP contribution in [0.1, 0.15) is 40.0 Å². The summed E-state index contributed by atoms with van der Waals surface area (Å²) >= 11 is 0. The molecule has 2 atom stereocenters. The molecule has 9 nitrogen and oxygen atoms in total. The fourth-order valence-corrected chi connectivity index (χ4v) is 4.85. The molecule has 0 saturated heterocycles. The molecule has 4 aromatic rings. The lowest BCUT2D eigenvalue weighted by Gasteiger charge is -2.22. The highest BCUT2D eigenvalue weighted by atomic mass is 31.2. The number of nitrogens with one attached hydrogen (secondary N) is 2. The molecule has 0 bridgehead atoms. The summed E-state index contributed by atoms with van der Waals surface area (Å²) in [5.74, 6) is -0.401. The van der Waals surface area contributed by atoms with Gasteiger partial charge in [-0.25, -0.2) is 9.67 Å². The molecule has 0 spiro atoms. The van der Waals surface area contributed by atoms with E-state index in [0.29, 0.717) is 11.7 Å². The topological polar surface area (TPSA) is 130 Å². The molecular formula is C24H24N5O4P. The third-order valence-corrected chi connectivity index (χ3v) is 6.76. The van der Waals surface area contributed by atoms with Crippen LogP contribution >= 0.6 is 7.37 Å². The van der Waals surface area contributed by atoms with Gasteiger partial charge in [0.15, 0.2) is 0 Å². The van der Waals surface area contributed by atoms with Crippen molar-refractivity contribution >= 4 is 18.6 Å². The largest absolute Gasteiger partial charge is 0.341 e. The molecule has 2 aromatic heterocycles. The van der Waals surface area contributed by atoms with Crippen LogP contribution in [0.25, 0.3) is 5.95 Å². The smallest absolute Gasteiger partial charge is 0.265 e. The van der Waals surface area contributed by atoms with Crippen LogP contribution in [-0.4, -0.2) is 37.2 Å². The molecule has 0 aliphatic heterocycles. The number of hydrogen-bond donors (Lipinski definition) is 3. The van der Waals surface area contributed by atoms with E-state index in [1.807, 2.05) is 43.3 Å². The van der Waals surface area contributed by atoms with Crippen molar-refractivity contribution in [3.8, 4) is 5.95 Å². The predicted molar refractivity (Wildman–Crippen MR) is 129 cm³/mol. The first-order valence-corrected chi connectivity index (χ1v) is 12.8. The van der Waals surface area contributed by atoms with E-state index < -0.39 is 24.9 Å². The highest BCUT2D eigenvalue weighted by molar-refractivity contribution is 7.65. The molecule has 3 N–H and O–H groups in total. The van der Waals surface area contributed by atoms with Gasteiger partial charge >= 0.3 is 0 Å². The quantitative estimate of drug-likeness (QED) is 0.351. The Hall–Kier alpha value is -3.81. The molecule has 2 heterocycles. The van der Waals surface area contributed by atoms with E-state index in [-0.39, 0.29) is 11.5 Å². The van der Waals surface area contributed by atoms with Crippen molar-refractivity contribution in [2.24, 2.45) is 0 Å². The monoisotopic (exact) mass is 477 g/mol. The van der Waals surface area contributed by atoms with Gasteiger partial charge in [-0.15, -0.1) is 0 Å². The second-order valence-electron chi connectivity index (χ2n) is 7.84. The fourth-order valence-electron chi connectivity index (χ4n) is 3.74. The van der Waals surface area contributed by atoms with Gasteiger partial charge < -0.3 is 10.2 Å². The molecule has 1 unspecified atom stereocenters. The zero-order valence-electron chi connectivity index (χ0n) is 18.7. The molecule has 10 heteroatoms. The molecule has 0 aliphatic rings. The first-order chi connectivity index (χ1) is 16.3. The predicted octanol–water partition coefficient (Wildman–Crippen LogP) is 2.56. The van der Waals surface area contributed by atoms with E-state index in [1.165, 1.54) is 17.5 Å². The third-order valence-electron chi connectivity index (χ3n) is 5.43. The highest BCUT2D eigenvalue weighted by Crippen LogP contribution is 2.36. The van der Waals surface area contributed by atoms with Crippen molar-refractivity contribution in [2.75, 3.05) is 6.66 Å². The van der Waals surface area contributed by atoms with Crippen LogP contribution in [0, 0.1) is 0 Å². The minimum Gasteiger partial charge on any atom is -0.341 e. The Kier molecular flexibility index (Phi) is 6.58. The number of aryl methyl sites for hydroxylation is 1. The summed E-state index contributed by atoms with van der Waals surface area (Å²) in [6.45, 7) is 3.21. The second kappa shape index (κ2) is 9.59. The summed E-state index contributed by atoms with van der Waals surface area (Å²) in [5.41, 5.74) is 1.52. The standard InChI is InChI=1S/C24H24N5O4P/c1-3-16-14-18(10-11-20(16)34(2,32)33)21(17-8-5-4-6-9-17)27-22(30)19-15-25-24(28-23(19)31)29-13-7-12-26-29/h4-15,21H,3H2,1-2H3,(H,27,30)(H,32,33)(H,25,28,31)/t21-/m1/s1. The number of hydrogen-bond acceptors (Lipinski definition) is 5. The van der Waals surface area contributed by atoms with E-state index >= 15 is 0 Å². The van der Waals surface area contributed by atoms with Crippen molar-refractivity contribution in [2.45, 2.75) is 19.4 Å². The minimum atomic E-state index is -3.45. The Bertz CT molecular complexity index is 1410. The Balaban J connectivity index is 1.70. The van der Waals surface area contributed by atoms with Crippen molar-refractivity contribution < 1.29 is 14.3 Å². The summed E-state index contributed by atoms with van der Waals surface area (Å²) in [5, 5.41) is 7.33. The molecule has 34 heavy (non-hydrogen) atoms. The number of amides is 1. The summed E-state index contributed by atoms with van der Waals surface area (Å²) in [6.07, 6.45) is 4.94. The molecular weight excluding hydrogens is 453 g/mol. The van der Waals surface area contributed by atoms with Gasteiger partial charge in [-0.1, -0.05) is 49.4 Å². The number of aromatic amines is 1. The van der Waals surface area contributed by atoms with Gasteiger partial charge in [-0.05, 0) is 35.2 Å². The second-order valence-corrected chi connectivity index (χ2v) is 10.1. The fraction of sp³-hybridized carbons (Fsp3) is 0.167. The Morgan fingerprint density at radius 2 is 1.94 bits per heavy atom. The van der Waals surface area contributed by atoms with Gasteiger partial charge in [0.2, 0.25) is 13.3 Å². The minimum absolute atomic E-state index is 0.141. The van der Waals surface area contributed by atoms with Crippen LogP contribution in [0.2, 0.25) is 0 Å². The number of aromatic nitrogens is 4. The maximum Gasteiger partial charge on any atom is 0.265 e. The zero-order chi connectivity index (χ0) is 24.3. The maximum atomic E-state index is 13.1. The van der Waals surface area contributed by atoms with E-state index in [2.05, 4.69) is 20.4 Å². The summed E-state index contributed by atoms with van der Waals surface area (Å²) in [6, 6.07) is 15.6. The zero-order valence-corrected chi connectivity index (χ0v) is 19.6. The molecule has 174 valence electrons. The number of H-pyrrole nitrogens is 1. The molecule has 0 fully saturated rings. The van der Waals surface area contributed by atoms with Crippen molar-refractivity contribution in [3.05, 3.63) is 106 Å². The molecule has 0 radical (unpaired) electrons. The van der Waals surface area contributed by atoms with Crippen molar-refractivity contribution in [3.63, 3.8) is 0 Å². The number of carbonyl (C=O) groups is 1. The van der Waals surface area contributed by atoms with Gasteiger partial charge in [0.1, 0.15) is 5.56 Å². The SMILES string of the molecule is CCc1cc([C@H](NC(=O)c2cnc(-n3cccn3)[nH]c2=O)c2ccccc2)ccc1P(C)(=O)O. The average Bonchev–Trinajstić information content (AvgIpc) is 3.37. The molecule has 1 amide bonds. The Morgan fingerprint density at radius 3 is 2.56 bits per heavy atom. The van der Waals surface area contributed by atoms with Crippen LogP contribution in [0.4, 0.5) is 0 Å². The normalized spacial score (nSPS) is 13.7. The lowest BCUT2D eigenvalue weighted by atomic mass is 9.96. The number of rotatable bonds is 7. The van der Waals surface area contributed by atoms with Crippen molar-refractivity contribution in [1.29, 1.82) is 0 Å². The van der Waals surface area contributed by atoms with Crippen LogP contribution in [0.3, 0.4) is 0 Å². The molecule has 4 rings (SSSR count). The van der Waals surface area contributed by atoms with Crippen LogP contribution in [-0.2, 0) is 11.0 Å². The van der Waals surface area contributed by atoms with E-state index in [9.17, 15) is 19.0 Å². The first-order valence-electron chi connectivity index (χ1n) is 10.7. The van der Waals surface area contributed by atoms with Gasteiger partial charge in [0, 0.05) is 30.6 Å². The van der Waals surface area contributed by atoms with Crippen molar-refractivity contribution in [1.82, 2.24) is 25.1 Å². The van der Waals surface area contributed by atoms with Crippen LogP contribution in [0.5, 0.6) is 0 Å². The number of carbonyl (C=O) groups excluding carboxylic acids is 1.